The van der Waals surface area contributed by atoms with E-state index in [0.29, 0.717) is 26.2 Å². The van der Waals surface area contributed by atoms with E-state index in [-0.39, 0.29) is 23.0 Å². The maximum atomic E-state index is 14.1. The molecule has 0 saturated carbocycles. The first-order valence-electron chi connectivity index (χ1n) is 6.34. The second-order valence-corrected chi connectivity index (χ2v) is 5.21. The van der Waals surface area contributed by atoms with Gasteiger partial charge in [-0.05, 0) is 12.1 Å². The smallest absolute Gasteiger partial charge is 0.290 e. The largest absolute Gasteiger partial charge is 0.390 e. The highest BCUT2D eigenvalue weighted by molar-refractivity contribution is 6.30. The lowest BCUT2D eigenvalue weighted by Gasteiger charge is -2.38. The molecular formula is C13H17Cl2F3N2O. The molecular weight excluding hydrogens is 328 g/mol. The van der Waals surface area contributed by atoms with Crippen LogP contribution in [-0.2, 0) is 0 Å². The molecule has 1 aromatic carbocycles. The molecule has 0 unspecified atom stereocenters. The Morgan fingerprint density at radius 1 is 1.33 bits per heavy atom. The summed E-state index contributed by atoms with van der Waals surface area (Å²) in [5.41, 5.74) is -0.143. The van der Waals surface area contributed by atoms with E-state index in [2.05, 4.69) is 5.32 Å². The summed E-state index contributed by atoms with van der Waals surface area (Å²) in [6.45, 7) is 0.495. The van der Waals surface area contributed by atoms with Gasteiger partial charge in [0, 0.05) is 36.8 Å². The SMILES string of the molecule is Cl.OCC(F)(F)[C@@H](c1ccc(Cl)cc1F)N1CCNCC1. The fourth-order valence-corrected chi connectivity index (χ4v) is 2.60. The van der Waals surface area contributed by atoms with E-state index in [9.17, 15) is 13.2 Å². The maximum Gasteiger partial charge on any atom is 0.290 e. The Kier molecular flexibility index (Phi) is 6.74. The van der Waals surface area contributed by atoms with Crippen LogP contribution >= 0.6 is 24.0 Å². The molecule has 1 fully saturated rings. The van der Waals surface area contributed by atoms with Gasteiger partial charge in [0.15, 0.2) is 0 Å². The molecule has 1 aliphatic heterocycles. The van der Waals surface area contributed by atoms with Gasteiger partial charge < -0.3 is 10.4 Å². The molecule has 0 aliphatic carbocycles. The Bertz CT molecular complexity index is 471. The molecule has 2 rings (SSSR count). The molecule has 1 saturated heterocycles. The minimum absolute atomic E-state index is 0. The van der Waals surface area contributed by atoms with Gasteiger partial charge in [-0.1, -0.05) is 17.7 Å². The fraction of sp³-hybridized carbons (Fsp3) is 0.538. The number of rotatable bonds is 4. The first-order chi connectivity index (χ1) is 9.45. The van der Waals surface area contributed by atoms with Crippen LogP contribution < -0.4 is 5.32 Å². The molecule has 1 aromatic rings. The summed E-state index contributed by atoms with van der Waals surface area (Å²) in [6.07, 6.45) is 0. The van der Waals surface area contributed by atoms with Gasteiger partial charge >= 0.3 is 0 Å². The highest BCUT2D eigenvalue weighted by atomic mass is 35.5. The number of nitrogens with one attached hydrogen (secondary N) is 1. The first kappa shape index (κ1) is 18.5. The van der Waals surface area contributed by atoms with Gasteiger partial charge in [-0.15, -0.1) is 12.4 Å². The summed E-state index contributed by atoms with van der Waals surface area (Å²) in [6, 6.07) is 2.16. The Labute approximate surface area is 132 Å². The van der Waals surface area contributed by atoms with E-state index >= 15 is 0 Å². The number of halogens is 5. The third-order valence-electron chi connectivity index (χ3n) is 3.38. The number of hydrogen-bond donors (Lipinski definition) is 2. The minimum Gasteiger partial charge on any atom is -0.390 e. The van der Waals surface area contributed by atoms with E-state index in [1.165, 1.54) is 17.0 Å². The van der Waals surface area contributed by atoms with Crippen molar-refractivity contribution in [3.63, 3.8) is 0 Å². The number of nitrogens with zero attached hydrogens (tertiary/aromatic N) is 1. The summed E-state index contributed by atoms with van der Waals surface area (Å²) in [5, 5.41) is 12.2. The second-order valence-electron chi connectivity index (χ2n) is 4.77. The van der Waals surface area contributed by atoms with Gasteiger partial charge in [-0.2, -0.15) is 0 Å². The van der Waals surface area contributed by atoms with Crippen molar-refractivity contribution in [2.75, 3.05) is 32.8 Å². The van der Waals surface area contributed by atoms with E-state index in [0.717, 1.165) is 6.07 Å². The molecule has 0 aromatic heterocycles. The number of piperazine rings is 1. The van der Waals surface area contributed by atoms with Crippen molar-refractivity contribution in [2.45, 2.75) is 12.0 Å². The Hall–Kier alpha value is -0.530. The van der Waals surface area contributed by atoms with E-state index in [1.807, 2.05) is 0 Å². The van der Waals surface area contributed by atoms with Gasteiger partial charge in [-0.3, -0.25) is 4.90 Å². The maximum absolute atomic E-state index is 14.1. The first-order valence-corrected chi connectivity index (χ1v) is 6.72. The minimum atomic E-state index is -3.42. The van der Waals surface area contributed by atoms with Crippen LogP contribution in [0, 0.1) is 5.82 Å². The molecule has 8 heteroatoms. The Balaban J connectivity index is 0.00000220. The van der Waals surface area contributed by atoms with Crippen molar-refractivity contribution in [1.29, 1.82) is 0 Å². The van der Waals surface area contributed by atoms with Crippen molar-refractivity contribution >= 4 is 24.0 Å². The third kappa shape index (κ3) is 4.23. The van der Waals surface area contributed by atoms with Gasteiger partial charge in [0.25, 0.3) is 5.92 Å². The monoisotopic (exact) mass is 344 g/mol. The number of alkyl halides is 2. The average Bonchev–Trinajstić information content (AvgIpc) is 2.43. The van der Waals surface area contributed by atoms with Crippen LogP contribution in [0.25, 0.3) is 0 Å². The number of benzene rings is 1. The zero-order valence-electron chi connectivity index (χ0n) is 11.2. The molecule has 21 heavy (non-hydrogen) atoms. The molecule has 1 atom stereocenters. The molecule has 0 bridgehead atoms. The van der Waals surface area contributed by atoms with Gasteiger partial charge in [-0.25, -0.2) is 13.2 Å². The molecule has 0 amide bonds. The highest BCUT2D eigenvalue weighted by Gasteiger charge is 2.45. The number of hydrogen-bond acceptors (Lipinski definition) is 3. The van der Waals surface area contributed by atoms with Crippen LogP contribution in [0.15, 0.2) is 18.2 Å². The Morgan fingerprint density at radius 3 is 2.48 bits per heavy atom. The third-order valence-corrected chi connectivity index (χ3v) is 3.62. The average molecular weight is 345 g/mol. The predicted molar refractivity (Wildman–Crippen MR) is 77.9 cm³/mol. The predicted octanol–water partition coefficient (Wildman–Crippen LogP) is 2.47. The van der Waals surface area contributed by atoms with Crippen LogP contribution in [0.5, 0.6) is 0 Å². The molecule has 1 heterocycles. The topological polar surface area (TPSA) is 35.5 Å². The quantitative estimate of drug-likeness (QED) is 0.880. The molecule has 2 N–H and O–H groups in total. The van der Waals surface area contributed by atoms with Crippen molar-refractivity contribution < 1.29 is 18.3 Å². The van der Waals surface area contributed by atoms with E-state index in [4.69, 9.17) is 16.7 Å². The van der Waals surface area contributed by atoms with Crippen molar-refractivity contribution in [1.82, 2.24) is 10.2 Å². The highest BCUT2D eigenvalue weighted by Crippen LogP contribution is 2.38. The van der Waals surface area contributed by atoms with Crippen LogP contribution in [0.2, 0.25) is 5.02 Å². The van der Waals surface area contributed by atoms with Crippen molar-refractivity contribution in [3.8, 4) is 0 Å². The normalized spacial score (nSPS) is 18.1. The second kappa shape index (κ2) is 7.65. The molecule has 3 nitrogen and oxygen atoms in total. The lowest BCUT2D eigenvalue weighted by atomic mass is 9.97. The van der Waals surface area contributed by atoms with Gasteiger partial charge in [0.05, 0.1) is 0 Å². The summed E-state index contributed by atoms with van der Waals surface area (Å²) >= 11 is 5.66. The van der Waals surface area contributed by atoms with Gasteiger partial charge in [0.1, 0.15) is 18.5 Å². The summed E-state index contributed by atoms with van der Waals surface area (Å²) in [4.78, 5) is 1.49. The lowest BCUT2D eigenvalue weighted by molar-refractivity contribution is -0.119. The fourth-order valence-electron chi connectivity index (χ4n) is 2.44. The van der Waals surface area contributed by atoms with E-state index < -0.39 is 24.4 Å². The molecule has 1 aliphatic rings. The van der Waals surface area contributed by atoms with E-state index in [1.54, 1.807) is 0 Å². The molecule has 0 radical (unpaired) electrons. The number of aliphatic hydroxyl groups is 1. The lowest BCUT2D eigenvalue weighted by Crippen LogP contribution is -2.51. The van der Waals surface area contributed by atoms with Gasteiger partial charge in [0.2, 0.25) is 0 Å². The Morgan fingerprint density at radius 2 is 1.95 bits per heavy atom. The molecule has 120 valence electrons. The molecule has 0 spiro atoms. The van der Waals surface area contributed by atoms with Crippen molar-refractivity contribution in [3.05, 3.63) is 34.6 Å². The van der Waals surface area contributed by atoms with Crippen LogP contribution in [0.1, 0.15) is 11.6 Å². The van der Waals surface area contributed by atoms with Crippen molar-refractivity contribution in [2.24, 2.45) is 0 Å². The standard InChI is InChI=1S/C13H16ClF3N2O.ClH/c14-9-1-2-10(11(15)7-9)12(13(16,17)8-20)19-5-3-18-4-6-19;/h1-2,7,12,18,20H,3-6,8H2;1H/t12-;/m1./s1. The summed E-state index contributed by atoms with van der Waals surface area (Å²) < 4.78 is 42.1. The van der Waals surface area contributed by atoms with Crippen LogP contribution in [0.4, 0.5) is 13.2 Å². The summed E-state index contributed by atoms with van der Waals surface area (Å²) in [7, 11) is 0. The zero-order valence-corrected chi connectivity index (χ0v) is 12.7. The van der Waals surface area contributed by atoms with Crippen LogP contribution in [0.3, 0.4) is 0 Å². The number of aliphatic hydroxyl groups excluding tert-OH is 1. The van der Waals surface area contributed by atoms with Crippen LogP contribution in [-0.4, -0.2) is 48.7 Å². The summed E-state index contributed by atoms with van der Waals surface area (Å²) in [5.74, 6) is -4.21. The zero-order chi connectivity index (χ0) is 14.8.